The normalized spacial score (nSPS) is 11.1. The van der Waals surface area contributed by atoms with Gasteiger partial charge in [0.2, 0.25) is 0 Å². The molecule has 1 aromatic carbocycles. The summed E-state index contributed by atoms with van der Waals surface area (Å²) in [4.78, 5) is 4.27. The van der Waals surface area contributed by atoms with Gasteiger partial charge in [0.15, 0.2) is 5.65 Å². The van der Waals surface area contributed by atoms with Gasteiger partial charge in [-0.3, -0.25) is 4.40 Å². The first-order chi connectivity index (χ1) is 8.66. The number of nitrogens with zero attached hydrogens (tertiary/aromatic N) is 2. The molecule has 0 fully saturated rings. The number of benzene rings is 1. The van der Waals surface area contributed by atoms with E-state index >= 15 is 0 Å². The second kappa shape index (κ2) is 4.37. The molecule has 0 amide bonds. The van der Waals surface area contributed by atoms with Gasteiger partial charge in [-0.1, -0.05) is 11.6 Å². The van der Waals surface area contributed by atoms with E-state index < -0.39 is 0 Å². The molecule has 0 saturated carbocycles. The third kappa shape index (κ3) is 1.82. The van der Waals surface area contributed by atoms with E-state index in [1.807, 2.05) is 16.7 Å². The van der Waals surface area contributed by atoms with Gasteiger partial charge in [-0.05, 0) is 46.3 Å². The molecule has 0 aliphatic rings. The summed E-state index contributed by atoms with van der Waals surface area (Å²) in [5.41, 5.74) is 2.41. The summed E-state index contributed by atoms with van der Waals surface area (Å²) in [6.45, 7) is 0. The Balaban J connectivity index is 2.29. The molecule has 0 radical (unpaired) electrons. The highest BCUT2D eigenvalue weighted by Crippen LogP contribution is 2.30. The van der Waals surface area contributed by atoms with E-state index in [9.17, 15) is 4.39 Å². The Morgan fingerprint density at radius 2 is 2.11 bits per heavy atom. The van der Waals surface area contributed by atoms with Gasteiger partial charge in [-0.15, -0.1) is 0 Å². The molecule has 18 heavy (non-hydrogen) atoms. The van der Waals surface area contributed by atoms with Crippen molar-refractivity contribution in [1.82, 2.24) is 9.38 Å². The van der Waals surface area contributed by atoms with Crippen molar-refractivity contribution in [2.24, 2.45) is 0 Å². The fraction of sp³-hybridized carbons (Fsp3) is 0. The SMILES string of the molecule is Fc1ccc(-c2cnc3c(Cl)cccn23)c(Br)c1. The third-order valence-electron chi connectivity index (χ3n) is 2.70. The first-order valence-corrected chi connectivity index (χ1v) is 6.41. The van der Waals surface area contributed by atoms with Crippen LogP contribution in [0.4, 0.5) is 4.39 Å². The van der Waals surface area contributed by atoms with E-state index in [0.29, 0.717) is 15.1 Å². The molecule has 0 spiro atoms. The number of pyridine rings is 1. The molecule has 90 valence electrons. The molecule has 0 N–H and O–H groups in total. The van der Waals surface area contributed by atoms with Crippen LogP contribution in [0.5, 0.6) is 0 Å². The summed E-state index contributed by atoms with van der Waals surface area (Å²) >= 11 is 9.43. The average Bonchev–Trinajstić information content (AvgIpc) is 2.74. The number of halogens is 3. The summed E-state index contributed by atoms with van der Waals surface area (Å²) in [6, 6.07) is 8.19. The zero-order valence-corrected chi connectivity index (χ0v) is 11.4. The molecule has 0 bridgehead atoms. The summed E-state index contributed by atoms with van der Waals surface area (Å²) < 4.78 is 15.7. The van der Waals surface area contributed by atoms with Crippen LogP contribution in [0.2, 0.25) is 5.02 Å². The van der Waals surface area contributed by atoms with Crippen LogP contribution in [0.1, 0.15) is 0 Å². The van der Waals surface area contributed by atoms with Crippen LogP contribution >= 0.6 is 27.5 Å². The highest BCUT2D eigenvalue weighted by Gasteiger charge is 2.11. The standard InChI is InChI=1S/C13H7BrClFN2/c14-10-6-8(16)3-4-9(10)12-7-17-13-11(15)2-1-5-18(12)13/h1-7H. The van der Waals surface area contributed by atoms with Gasteiger partial charge >= 0.3 is 0 Å². The third-order valence-corrected chi connectivity index (χ3v) is 3.65. The molecule has 2 aromatic heterocycles. The lowest BCUT2D eigenvalue weighted by Crippen LogP contribution is -1.89. The van der Waals surface area contributed by atoms with E-state index in [1.54, 1.807) is 18.3 Å². The average molecular weight is 326 g/mol. The van der Waals surface area contributed by atoms with Crippen molar-refractivity contribution in [2.45, 2.75) is 0 Å². The van der Waals surface area contributed by atoms with Crippen molar-refractivity contribution in [3.8, 4) is 11.3 Å². The van der Waals surface area contributed by atoms with Gasteiger partial charge in [0, 0.05) is 16.2 Å². The first-order valence-electron chi connectivity index (χ1n) is 5.24. The summed E-state index contributed by atoms with van der Waals surface area (Å²) in [6.07, 6.45) is 3.60. The van der Waals surface area contributed by atoms with Gasteiger partial charge in [0.1, 0.15) is 5.82 Å². The van der Waals surface area contributed by atoms with Crippen LogP contribution in [0.15, 0.2) is 47.2 Å². The zero-order chi connectivity index (χ0) is 12.7. The number of hydrogen-bond donors (Lipinski definition) is 0. The number of hydrogen-bond acceptors (Lipinski definition) is 1. The second-order valence-electron chi connectivity index (χ2n) is 3.82. The van der Waals surface area contributed by atoms with Crippen molar-refractivity contribution < 1.29 is 4.39 Å². The lowest BCUT2D eigenvalue weighted by Gasteiger charge is -2.05. The van der Waals surface area contributed by atoms with Crippen LogP contribution in [-0.2, 0) is 0 Å². The Kier molecular flexibility index (Phi) is 2.84. The van der Waals surface area contributed by atoms with Gasteiger partial charge in [0.05, 0.1) is 16.9 Å². The molecular weight excluding hydrogens is 319 g/mol. The highest BCUT2D eigenvalue weighted by molar-refractivity contribution is 9.10. The zero-order valence-electron chi connectivity index (χ0n) is 9.07. The number of fused-ring (bicyclic) bond motifs is 1. The fourth-order valence-corrected chi connectivity index (χ4v) is 2.64. The van der Waals surface area contributed by atoms with Gasteiger partial charge < -0.3 is 0 Å². The van der Waals surface area contributed by atoms with Crippen molar-refractivity contribution >= 4 is 33.2 Å². The van der Waals surface area contributed by atoms with Crippen LogP contribution in [0.25, 0.3) is 16.9 Å². The van der Waals surface area contributed by atoms with Crippen LogP contribution < -0.4 is 0 Å². The summed E-state index contributed by atoms with van der Waals surface area (Å²) in [5, 5.41) is 0.585. The molecule has 0 saturated heterocycles. The maximum atomic E-state index is 13.1. The van der Waals surface area contributed by atoms with E-state index in [2.05, 4.69) is 20.9 Å². The highest BCUT2D eigenvalue weighted by atomic mass is 79.9. The number of aromatic nitrogens is 2. The molecule has 0 atom stereocenters. The molecule has 0 aliphatic heterocycles. The minimum absolute atomic E-state index is 0.280. The van der Waals surface area contributed by atoms with Crippen LogP contribution in [0, 0.1) is 5.82 Å². The lowest BCUT2D eigenvalue weighted by atomic mass is 10.1. The Bertz CT molecular complexity index is 739. The number of imidazole rings is 1. The maximum absolute atomic E-state index is 13.1. The van der Waals surface area contributed by atoms with Crippen molar-refractivity contribution in [3.63, 3.8) is 0 Å². The van der Waals surface area contributed by atoms with Gasteiger partial charge in [-0.25, -0.2) is 9.37 Å². The minimum Gasteiger partial charge on any atom is -0.298 e. The predicted molar refractivity (Wildman–Crippen MR) is 73.3 cm³/mol. The monoisotopic (exact) mass is 324 g/mol. The minimum atomic E-state index is -0.280. The second-order valence-corrected chi connectivity index (χ2v) is 5.08. The molecule has 2 heterocycles. The van der Waals surface area contributed by atoms with E-state index in [0.717, 1.165) is 11.3 Å². The molecule has 2 nitrogen and oxygen atoms in total. The largest absolute Gasteiger partial charge is 0.298 e. The quantitative estimate of drug-likeness (QED) is 0.641. The topological polar surface area (TPSA) is 17.3 Å². The fourth-order valence-electron chi connectivity index (χ4n) is 1.87. The predicted octanol–water partition coefficient (Wildman–Crippen LogP) is 4.56. The van der Waals surface area contributed by atoms with Crippen LogP contribution in [-0.4, -0.2) is 9.38 Å². The molecule has 3 aromatic rings. The Morgan fingerprint density at radius 1 is 1.28 bits per heavy atom. The van der Waals surface area contributed by atoms with Crippen LogP contribution in [0.3, 0.4) is 0 Å². The van der Waals surface area contributed by atoms with Gasteiger partial charge in [-0.2, -0.15) is 0 Å². The lowest BCUT2D eigenvalue weighted by molar-refractivity contribution is 0.627. The molecule has 0 unspecified atom stereocenters. The maximum Gasteiger partial charge on any atom is 0.156 e. The van der Waals surface area contributed by atoms with E-state index in [1.165, 1.54) is 12.1 Å². The van der Waals surface area contributed by atoms with E-state index in [-0.39, 0.29) is 5.82 Å². The summed E-state index contributed by atoms with van der Waals surface area (Å²) in [5.74, 6) is -0.280. The van der Waals surface area contributed by atoms with Crippen molar-refractivity contribution in [2.75, 3.05) is 0 Å². The van der Waals surface area contributed by atoms with Crippen molar-refractivity contribution in [3.05, 3.63) is 58.0 Å². The smallest absolute Gasteiger partial charge is 0.156 e. The molecule has 5 heteroatoms. The molecular formula is C13H7BrClFN2. The van der Waals surface area contributed by atoms with Gasteiger partial charge in [0.25, 0.3) is 0 Å². The Morgan fingerprint density at radius 3 is 2.89 bits per heavy atom. The Labute approximate surface area is 116 Å². The summed E-state index contributed by atoms with van der Waals surface area (Å²) in [7, 11) is 0. The molecule has 0 aliphatic carbocycles. The van der Waals surface area contributed by atoms with Crippen molar-refractivity contribution in [1.29, 1.82) is 0 Å². The molecule has 3 rings (SSSR count). The Hall–Kier alpha value is -1.39. The number of rotatable bonds is 1. The van der Waals surface area contributed by atoms with E-state index in [4.69, 9.17) is 11.6 Å². The first kappa shape index (κ1) is 11.7.